The second kappa shape index (κ2) is 5.68. The van der Waals surface area contributed by atoms with E-state index in [1.54, 1.807) is 6.07 Å². The molecule has 0 amide bonds. The van der Waals surface area contributed by atoms with Crippen LogP contribution < -0.4 is 5.73 Å². The highest BCUT2D eigenvalue weighted by Crippen LogP contribution is 2.26. The topological polar surface area (TPSA) is 30.9 Å². The minimum absolute atomic E-state index is 0.280. The minimum Gasteiger partial charge on any atom is -0.343 e. The van der Waals surface area contributed by atoms with Crippen molar-refractivity contribution in [3.63, 3.8) is 0 Å². The maximum absolute atomic E-state index is 13.9. The third-order valence-corrected chi connectivity index (χ3v) is 3.97. The number of aromatic nitrogens is 1. The first kappa shape index (κ1) is 14.4. The molecule has 0 bridgehead atoms. The van der Waals surface area contributed by atoms with Crippen molar-refractivity contribution in [3.8, 4) is 0 Å². The summed E-state index contributed by atoms with van der Waals surface area (Å²) in [5.74, 6) is -0.280. The van der Waals surface area contributed by atoms with E-state index in [1.807, 2.05) is 29.0 Å². The number of hydrogen-bond acceptors (Lipinski definition) is 1. The van der Waals surface area contributed by atoms with Crippen molar-refractivity contribution in [1.82, 2.24) is 4.57 Å². The van der Waals surface area contributed by atoms with Crippen molar-refractivity contribution in [3.05, 3.63) is 69.6 Å². The van der Waals surface area contributed by atoms with E-state index in [0.717, 1.165) is 16.5 Å². The molecule has 0 saturated heterocycles. The van der Waals surface area contributed by atoms with Crippen LogP contribution in [0, 0.1) is 5.82 Å². The molecule has 0 saturated carbocycles. The fourth-order valence-corrected chi connectivity index (χ4v) is 2.84. The second-order valence-electron chi connectivity index (χ2n) is 4.88. The van der Waals surface area contributed by atoms with Gasteiger partial charge in [0.05, 0.1) is 12.1 Å². The van der Waals surface area contributed by atoms with Gasteiger partial charge in [0.25, 0.3) is 0 Å². The molecule has 0 aliphatic carbocycles. The molecule has 0 atom stereocenters. The lowest BCUT2D eigenvalue weighted by Crippen LogP contribution is -2.01. The third kappa shape index (κ3) is 2.77. The molecule has 3 rings (SSSR count). The Bertz CT molecular complexity index is 811. The summed E-state index contributed by atoms with van der Waals surface area (Å²) in [6, 6.07) is 10.2. The molecule has 3 aromatic rings. The van der Waals surface area contributed by atoms with Gasteiger partial charge in [0.15, 0.2) is 0 Å². The molecule has 0 fully saturated rings. The van der Waals surface area contributed by atoms with Gasteiger partial charge in [-0.15, -0.1) is 0 Å². The van der Waals surface area contributed by atoms with Gasteiger partial charge in [0.2, 0.25) is 0 Å². The summed E-state index contributed by atoms with van der Waals surface area (Å²) in [5, 5.41) is 2.18. The van der Waals surface area contributed by atoms with Gasteiger partial charge in [-0.2, -0.15) is 0 Å². The van der Waals surface area contributed by atoms with Gasteiger partial charge in [-0.3, -0.25) is 0 Å². The van der Waals surface area contributed by atoms with Crippen LogP contribution in [0.5, 0.6) is 0 Å². The van der Waals surface area contributed by atoms with E-state index < -0.39 is 0 Å². The lowest BCUT2D eigenvalue weighted by Gasteiger charge is -2.07. The molecule has 5 heteroatoms. The summed E-state index contributed by atoms with van der Waals surface area (Å²) in [7, 11) is 0. The van der Waals surface area contributed by atoms with Crippen molar-refractivity contribution in [2.75, 3.05) is 0 Å². The number of nitrogens with zero attached hydrogens (tertiary/aromatic N) is 1. The van der Waals surface area contributed by atoms with Gasteiger partial charge in [-0.1, -0.05) is 29.3 Å². The van der Waals surface area contributed by atoms with Gasteiger partial charge in [0, 0.05) is 33.7 Å². The molecule has 2 N–H and O–H groups in total. The van der Waals surface area contributed by atoms with E-state index in [9.17, 15) is 4.39 Å². The smallest absolute Gasteiger partial charge is 0.128 e. The largest absolute Gasteiger partial charge is 0.343 e. The standard InChI is InChI=1S/C16H13Cl2FN2/c17-12-2-4-15(19)10(5-12)8-21-9-11(7-20)14-3-1-13(18)6-16(14)21/h1-6,9H,7-8,20H2. The van der Waals surface area contributed by atoms with Crippen LogP contribution in [0.15, 0.2) is 42.6 Å². The summed E-state index contributed by atoms with van der Waals surface area (Å²) in [5.41, 5.74) is 8.24. The monoisotopic (exact) mass is 322 g/mol. The highest BCUT2D eigenvalue weighted by molar-refractivity contribution is 6.31. The summed E-state index contributed by atoms with van der Waals surface area (Å²) in [6.07, 6.45) is 1.93. The Hall–Kier alpha value is -1.55. The van der Waals surface area contributed by atoms with E-state index in [2.05, 4.69) is 0 Å². The fraction of sp³-hybridized carbons (Fsp3) is 0.125. The fourth-order valence-electron chi connectivity index (χ4n) is 2.48. The summed E-state index contributed by atoms with van der Waals surface area (Å²) in [6.45, 7) is 0.798. The molecule has 108 valence electrons. The quantitative estimate of drug-likeness (QED) is 0.751. The summed E-state index contributed by atoms with van der Waals surface area (Å²) >= 11 is 12.0. The second-order valence-corrected chi connectivity index (χ2v) is 5.76. The highest BCUT2D eigenvalue weighted by Gasteiger charge is 2.10. The predicted molar refractivity (Wildman–Crippen MR) is 85.4 cm³/mol. The molecular weight excluding hydrogens is 310 g/mol. The number of benzene rings is 2. The van der Waals surface area contributed by atoms with Crippen molar-refractivity contribution < 1.29 is 4.39 Å². The minimum atomic E-state index is -0.280. The molecule has 2 nitrogen and oxygen atoms in total. The predicted octanol–water partition coefficient (Wildman–Crippen LogP) is 4.59. The Morgan fingerprint density at radius 3 is 2.48 bits per heavy atom. The van der Waals surface area contributed by atoms with Gasteiger partial charge < -0.3 is 10.3 Å². The Morgan fingerprint density at radius 2 is 1.71 bits per heavy atom. The van der Waals surface area contributed by atoms with Crippen LogP contribution in [0.1, 0.15) is 11.1 Å². The van der Waals surface area contributed by atoms with Gasteiger partial charge in [-0.25, -0.2) is 4.39 Å². The van der Waals surface area contributed by atoms with Crippen LogP contribution in [0.2, 0.25) is 10.0 Å². The number of rotatable bonds is 3. The SMILES string of the molecule is NCc1cn(Cc2cc(Cl)ccc2F)c2cc(Cl)ccc12. The van der Waals surface area contributed by atoms with E-state index in [-0.39, 0.29) is 5.82 Å². The number of hydrogen-bond donors (Lipinski definition) is 1. The molecule has 0 unspecified atom stereocenters. The van der Waals surface area contributed by atoms with Gasteiger partial charge in [0.1, 0.15) is 5.82 Å². The molecule has 21 heavy (non-hydrogen) atoms. The molecule has 0 spiro atoms. The highest BCUT2D eigenvalue weighted by atomic mass is 35.5. The molecule has 1 aromatic heterocycles. The molecular formula is C16H13Cl2FN2. The summed E-state index contributed by atoms with van der Waals surface area (Å²) in [4.78, 5) is 0. The van der Waals surface area contributed by atoms with Crippen molar-refractivity contribution in [2.24, 2.45) is 5.73 Å². The summed E-state index contributed by atoms with van der Waals surface area (Å²) < 4.78 is 15.8. The molecule has 1 heterocycles. The Labute approximate surface area is 131 Å². The lowest BCUT2D eigenvalue weighted by molar-refractivity contribution is 0.602. The normalized spacial score (nSPS) is 11.2. The van der Waals surface area contributed by atoms with Gasteiger partial charge in [-0.05, 0) is 35.9 Å². The third-order valence-electron chi connectivity index (χ3n) is 3.50. The van der Waals surface area contributed by atoms with Crippen LogP contribution >= 0.6 is 23.2 Å². The number of fused-ring (bicyclic) bond motifs is 1. The van der Waals surface area contributed by atoms with Crippen LogP contribution in [0.25, 0.3) is 10.9 Å². The first-order valence-electron chi connectivity index (χ1n) is 6.50. The lowest BCUT2D eigenvalue weighted by atomic mass is 10.2. The average molecular weight is 323 g/mol. The maximum atomic E-state index is 13.9. The molecule has 0 radical (unpaired) electrons. The van der Waals surface area contributed by atoms with E-state index in [1.165, 1.54) is 12.1 Å². The van der Waals surface area contributed by atoms with E-state index >= 15 is 0 Å². The van der Waals surface area contributed by atoms with Crippen molar-refractivity contribution in [2.45, 2.75) is 13.1 Å². The zero-order valence-electron chi connectivity index (χ0n) is 11.1. The van der Waals surface area contributed by atoms with Gasteiger partial charge >= 0.3 is 0 Å². The Morgan fingerprint density at radius 1 is 1.00 bits per heavy atom. The van der Waals surface area contributed by atoms with Crippen LogP contribution in [0.4, 0.5) is 4.39 Å². The van der Waals surface area contributed by atoms with Crippen molar-refractivity contribution in [1.29, 1.82) is 0 Å². The van der Waals surface area contributed by atoms with E-state index in [0.29, 0.717) is 28.7 Å². The number of halogens is 3. The Balaban J connectivity index is 2.12. The molecule has 0 aliphatic heterocycles. The van der Waals surface area contributed by atoms with Crippen LogP contribution in [0.3, 0.4) is 0 Å². The zero-order valence-corrected chi connectivity index (χ0v) is 12.6. The van der Waals surface area contributed by atoms with Crippen LogP contribution in [-0.4, -0.2) is 4.57 Å². The zero-order chi connectivity index (χ0) is 15.0. The van der Waals surface area contributed by atoms with Crippen molar-refractivity contribution >= 4 is 34.1 Å². The average Bonchev–Trinajstić information content (AvgIpc) is 2.80. The Kier molecular flexibility index (Phi) is 3.89. The first-order valence-corrected chi connectivity index (χ1v) is 7.25. The maximum Gasteiger partial charge on any atom is 0.128 e. The molecule has 2 aromatic carbocycles. The van der Waals surface area contributed by atoms with E-state index in [4.69, 9.17) is 28.9 Å². The molecule has 0 aliphatic rings. The number of nitrogens with two attached hydrogens (primary N) is 1. The van der Waals surface area contributed by atoms with Crippen LogP contribution in [-0.2, 0) is 13.1 Å². The first-order chi connectivity index (χ1) is 10.1.